The Bertz CT molecular complexity index is 866. The first-order valence-electron chi connectivity index (χ1n) is 10.1. The van der Waals surface area contributed by atoms with E-state index in [1.165, 1.54) is 6.42 Å². The molecule has 0 spiro atoms. The molecule has 1 aliphatic rings. The molecule has 29 heavy (non-hydrogen) atoms. The van der Waals surface area contributed by atoms with Gasteiger partial charge in [0.15, 0.2) is 0 Å². The van der Waals surface area contributed by atoms with Gasteiger partial charge < -0.3 is 20.9 Å². The van der Waals surface area contributed by atoms with E-state index in [-0.39, 0.29) is 11.9 Å². The summed E-state index contributed by atoms with van der Waals surface area (Å²) in [5.74, 6) is -0.109. The monoisotopic (exact) mass is 458 g/mol. The highest BCUT2D eigenvalue weighted by Crippen LogP contribution is 2.28. The smallest absolute Gasteiger partial charge is 0.323 e. The number of para-hydroxylation sites is 1. The molecule has 0 atom stereocenters. The Kier molecular flexibility index (Phi) is 7.52. The van der Waals surface area contributed by atoms with Crippen LogP contribution in [-0.2, 0) is 0 Å². The second-order valence-corrected chi connectivity index (χ2v) is 7.95. The molecule has 2 aromatic carbocycles. The lowest BCUT2D eigenvalue weighted by atomic mass is 10.1. The molecule has 154 valence electrons. The summed E-state index contributed by atoms with van der Waals surface area (Å²) in [6.45, 7) is 4.54. The molecule has 3 amide bonds. The van der Waals surface area contributed by atoms with Gasteiger partial charge in [0, 0.05) is 35.5 Å². The van der Waals surface area contributed by atoms with Crippen molar-refractivity contribution >= 4 is 44.9 Å². The minimum absolute atomic E-state index is 0.109. The summed E-state index contributed by atoms with van der Waals surface area (Å²) in [6.07, 6.45) is 4.36. The van der Waals surface area contributed by atoms with Gasteiger partial charge in [-0.1, -0.05) is 19.1 Å². The summed E-state index contributed by atoms with van der Waals surface area (Å²) in [6, 6.07) is 12.6. The number of hydrogen-bond acceptors (Lipinski definition) is 3. The SMILES string of the molecule is CCCNC(=O)c1cc(NC(=O)Nc2ccccc2Br)ccc1N1CCCCC1. The van der Waals surface area contributed by atoms with Crippen molar-refractivity contribution in [1.29, 1.82) is 0 Å². The minimum Gasteiger partial charge on any atom is -0.371 e. The van der Waals surface area contributed by atoms with Crippen molar-refractivity contribution < 1.29 is 9.59 Å². The Morgan fingerprint density at radius 1 is 1.03 bits per heavy atom. The number of carbonyl (C=O) groups excluding carboxylic acids is 2. The number of halogens is 1. The minimum atomic E-state index is -0.359. The molecule has 1 saturated heterocycles. The third-order valence-corrected chi connectivity index (χ3v) is 5.54. The molecule has 3 rings (SSSR count). The molecule has 2 aromatic rings. The number of nitrogens with one attached hydrogen (secondary N) is 3. The third kappa shape index (κ3) is 5.73. The molecule has 0 aliphatic carbocycles. The molecule has 7 heteroatoms. The third-order valence-electron chi connectivity index (χ3n) is 4.85. The largest absolute Gasteiger partial charge is 0.371 e. The van der Waals surface area contributed by atoms with Crippen LogP contribution in [-0.4, -0.2) is 31.6 Å². The lowest BCUT2D eigenvalue weighted by Gasteiger charge is -2.30. The van der Waals surface area contributed by atoms with Crippen molar-refractivity contribution in [2.75, 3.05) is 35.2 Å². The topological polar surface area (TPSA) is 73.5 Å². The molecule has 3 N–H and O–H groups in total. The maximum Gasteiger partial charge on any atom is 0.323 e. The molecule has 0 saturated carbocycles. The van der Waals surface area contributed by atoms with Gasteiger partial charge in [-0.25, -0.2) is 4.79 Å². The number of carbonyl (C=O) groups is 2. The quantitative estimate of drug-likeness (QED) is 0.555. The molecular weight excluding hydrogens is 432 g/mol. The van der Waals surface area contributed by atoms with Gasteiger partial charge in [0.25, 0.3) is 5.91 Å². The van der Waals surface area contributed by atoms with Crippen molar-refractivity contribution in [3.8, 4) is 0 Å². The standard InChI is InChI=1S/C22H27BrN4O2/c1-2-12-24-21(28)17-15-16(10-11-20(17)27-13-6-3-7-14-27)25-22(29)26-19-9-5-4-8-18(19)23/h4-5,8-11,15H,2-3,6-7,12-14H2,1H3,(H,24,28)(H2,25,26,29). The highest BCUT2D eigenvalue weighted by Gasteiger charge is 2.19. The average Bonchev–Trinajstić information content (AvgIpc) is 2.74. The fraction of sp³-hybridized carbons (Fsp3) is 0.364. The molecular formula is C22H27BrN4O2. The van der Waals surface area contributed by atoms with Gasteiger partial charge >= 0.3 is 6.03 Å². The van der Waals surface area contributed by atoms with E-state index in [0.29, 0.717) is 23.5 Å². The van der Waals surface area contributed by atoms with E-state index in [9.17, 15) is 9.59 Å². The van der Waals surface area contributed by atoms with Crippen molar-refractivity contribution in [3.05, 3.63) is 52.5 Å². The van der Waals surface area contributed by atoms with E-state index >= 15 is 0 Å². The summed E-state index contributed by atoms with van der Waals surface area (Å²) in [7, 11) is 0. The average molecular weight is 459 g/mol. The van der Waals surface area contributed by atoms with Crippen LogP contribution in [0.25, 0.3) is 0 Å². The van der Waals surface area contributed by atoms with Gasteiger partial charge in [-0.15, -0.1) is 0 Å². The van der Waals surface area contributed by atoms with E-state index in [2.05, 4.69) is 36.8 Å². The Morgan fingerprint density at radius 2 is 1.79 bits per heavy atom. The molecule has 1 fully saturated rings. The Morgan fingerprint density at radius 3 is 2.52 bits per heavy atom. The van der Waals surface area contributed by atoms with Crippen molar-refractivity contribution in [2.24, 2.45) is 0 Å². The number of hydrogen-bond donors (Lipinski definition) is 3. The number of piperidine rings is 1. The predicted octanol–water partition coefficient (Wildman–Crippen LogP) is 5.22. The molecule has 0 radical (unpaired) electrons. The lowest BCUT2D eigenvalue weighted by Crippen LogP contribution is -2.33. The van der Waals surface area contributed by atoms with Gasteiger partial charge in [0.2, 0.25) is 0 Å². The van der Waals surface area contributed by atoms with Crippen LogP contribution in [0.2, 0.25) is 0 Å². The number of rotatable bonds is 6. The van der Waals surface area contributed by atoms with E-state index in [0.717, 1.165) is 42.5 Å². The van der Waals surface area contributed by atoms with Crippen molar-refractivity contribution in [3.63, 3.8) is 0 Å². The maximum atomic E-state index is 12.8. The predicted molar refractivity (Wildman–Crippen MR) is 122 cm³/mol. The zero-order valence-electron chi connectivity index (χ0n) is 16.6. The van der Waals surface area contributed by atoms with Gasteiger partial charge in [0.05, 0.1) is 11.3 Å². The Hall–Kier alpha value is -2.54. The van der Waals surface area contributed by atoms with Crippen LogP contribution in [0.5, 0.6) is 0 Å². The highest BCUT2D eigenvalue weighted by atomic mass is 79.9. The first-order chi connectivity index (χ1) is 14.1. The van der Waals surface area contributed by atoms with Crippen LogP contribution in [0.15, 0.2) is 46.9 Å². The number of urea groups is 1. The van der Waals surface area contributed by atoms with E-state index in [4.69, 9.17) is 0 Å². The van der Waals surface area contributed by atoms with Gasteiger partial charge in [-0.05, 0) is 71.9 Å². The fourth-order valence-electron chi connectivity index (χ4n) is 3.39. The number of anilines is 3. The molecule has 0 unspecified atom stereocenters. The first kappa shape index (κ1) is 21.2. The van der Waals surface area contributed by atoms with Gasteiger partial charge in [0.1, 0.15) is 0 Å². The van der Waals surface area contributed by atoms with E-state index in [1.807, 2.05) is 43.3 Å². The fourth-order valence-corrected chi connectivity index (χ4v) is 3.77. The molecule has 0 bridgehead atoms. The van der Waals surface area contributed by atoms with Crippen LogP contribution >= 0.6 is 15.9 Å². The maximum absolute atomic E-state index is 12.8. The van der Waals surface area contributed by atoms with Crippen LogP contribution in [0, 0.1) is 0 Å². The zero-order chi connectivity index (χ0) is 20.6. The van der Waals surface area contributed by atoms with Crippen molar-refractivity contribution in [2.45, 2.75) is 32.6 Å². The first-order valence-corrected chi connectivity index (χ1v) is 10.9. The molecule has 1 heterocycles. The highest BCUT2D eigenvalue weighted by molar-refractivity contribution is 9.10. The van der Waals surface area contributed by atoms with Crippen LogP contribution in [0.3, 0.4) is 0 Å². The Labute approximate surface area is 180 Å². The van der Waals surface area contributed by atoms with Crippen LogP contribution < -0.4 is 20.9 Å². The number of amides is 3. The normalized spacial score (nSPS) is 13.7. The summed E-state index contributed by atoms with van der Waals surface area (Å²) in [5, 5.41) is 8.60. The molecule has 1 aliphatic heterocycles. The summed E-state index contributed by atoms with van der Waals surface area (Å²) < 4.78 is 0.801. The second-order valence-electron chi connectivity index (χ2n) is 7.09. The van der Waals surface area contributed by atoms with Gasteiger partial charge in [-0.2, -0.15) is 0 Å². The lowest BCUT2D eigenvalue weighted by molar-refractivity contribution is 0.0954. The summed E-state index contributed by atoms with van der Waals surface area (Å²) in [5.41, 5.74) is 2.78. The Balaban J connectivity index is 1.79. The summed E-state index contributed by atoms with van der Waals surface area (Å²) in [4.78, 5) is 27.4. The second kappa shape index (κ2) is 10.3. The molecule has 0 aromatic heterocycles. The summed E-state index contributed by atoms with van der Waals surface area (Å²) >= 11 is 3.42. The van der Waals surface area contributed by atoms with Crippen LogP contribution in [0.4, 0.5) is 21.9 Å². The number of benzene rings is 2. The molecule has 6 nitrogen and oxygen atoms in total. The zero-order valence-corrected chi connectivity index (χ0v) is 18.2. The van der Waals surface area contributed by atoms with Crippen LogP contribution in [0.1, 0.15) is 43.0 Å². The van der Waals surface area contributed by atoms with Gasteiger partial charge in [-0.3, -0.25) is 4.79 Å². The van der Waals surface area contributed by atoms with E-state index < -0.39 is 0 Å². The number of nitrogens with zero attached hydrogens (tertiary/aromatic N) is 1. The van der Waals surface area contributed by atoms with Crippen molar-refractivity contribution in [1.82, 2.24) is 5.32 Å². The van der Waals surface area contributed by atoms with E-state index in [1.54, 1.807) is 6.07 Å².